The molecule has 0 saturated carbocycles. The normalized spacial score (nSPS) is 10.4. The number of rotatable bonds is 7. The lowest BCUT2D eigenvalue weighted by atomic mass is 10.4. The van der Waals surface area contributed by atoms with E-state index in [1.165, 1.54) is 11.8 Å². The van der Waals surface area contributed by atoms with Crippen LogP contribution in [-0.2, 0) is 4.74 Å². The number of thioether (sulfide) groups is 1. The van der Waals surface area contributed by atoms with Crippen molar-refractivity contribution in [3.63, 3.8) is 0 Å². The zero-order valence-electron chi connectivity index (χ0n) is 10.4. The van der Waals surface area contributed by atoms with Gasteiger partial charge in [-0.2, -0.15) is 0 Å². The van der Waals surface area contributed by atoms with Crippen molar-refractivity contribution >= 4 is 23.4 Å². The summed E-state index contributed by atoms with van der Waals surface area (Å²) < 4.78 is 5.02. The van der Waals surface area contributed by atoms with E-state index in [0.717, 1.165) is 25.4 Å². The predicted octanol–water partition coefficient (Wildman–Crippen LogP) is 0.957. The lowest BCUT2D eigenvalue weighted by Crippen LogP contribution is -2.22. The molecule has 6 nitrogen and oxygen atoms in total. The minimum Gasteiger partial charge on any atom is -0.385 e. The second kappa shape index (κ2) is 7.31. The fourth-order valence-electron chi connectivity index (χ4n) is 1.33. The van der Waals surface area contributed by atoms with Gasteiger partial charge in [0.2, 0.25) is 0 Å². The van der Waals surface area contributed by atoms with E-state index in [1.807, 2.05) is 19.4 Å². The Bertz CT molecular complexity index is 327. The van der Waals surface area contributed by atoms with Gasteiger partial charge in [-0.15, -0.1) is 0 Å². The molecule has 0 aliphatic rings. The number of methoxy groups -OCH3 is 1. The summed E-state index contributed by atoms with van der Waals surface area (Å²) in [5.74, 6) is 6.85. The van der Waals surface area contributed by atoms with Gasteiger partial charge in [0.25, 0.3) is 0 Å². The number of aromatic nitrogens is 2. The molecule has 1 aromatic heterocycles. The Labute approximate surface area is 106 Å². The molecule has 17 heavy (non-hydrogen) atoms. The maximum absolute atomic E-state index is 5.38. The van der Waals surface area contributed by atoms with Crippen LogP contribution in [0.25, 0.3) is 0 Å². The van der Waals surface area contributed by atoms with Gasteiger partial charge >= 0.3 is 0 Å². The molecule has 7 heteroatoms. The van der Waals surface area contributed by atoms with Gasteiger partial charge in [-0.1, -0.05) is 11.8 Å². The molecule has 0 saturated heterocycles. The van der Waals surface area contributed by atoms with Crippen molar-refractivity contribution in [3.8, 4) is 0 Å². The largest absolute Gasteiger partial charge is 0.385 e. The van der Waals surface area contributed by atoms with Crippen LogP contribution in [-0.4, -0.2) is 43.5 Å². The highest BCUT2D eigenvalue weighted by Crippen LogP contribution is 2.19. The quantitative estimate of drug-likeness (QED) is 0.248. The van der Waals surface area contributed by atoms with E-state index >= 15 is 0 Å². The number of hydrogen-bond donors (Lipinski definition) is 2. The van der Waals surface area contributed by atoms with E-state index in [9.17, 15) is 0 Å². The van der Waals surface area contributed by atoms with Crippen LogP contribution in [0.1, 0.15) is 6.42 Å². The first-order chi connectivity index (χ1) is 8.21. The Morgan fingerprint density at radius 2 is 2.29 bits per heavy atom. The van der Waals surface area contributed by atoms with Gasteiger partial charge in [0, 0.05) is 33.4 Å². The molecular formula is C10H19N5OS. The molecule has 0 spiro atoms. The number of nitrogen functional groups attached to an aromatic ring is 1. The Morgan fingerprint density at radius 1 is 1.53 bits per heavy atom. The second-order valence-corrected chi connectivity index (χ2v) is 4.28. The molecule has 0 radical (unpaired) electrons. The zero-order valence-corrected chi connectivity index (χ0v) is 11.3. The third kappa shape index (κ3) is 4.37. The minimum atomic E-state index is 0.623. The van der Waals surface area contributed by atoms with Gasteiger partial charge in [-0.3, -0.25) is 0 Å². The van der Waals surface area contributed by atoms with Gasteiger partial charge in [0.1, 0.15) is 11.6 Å². The maximum Gasteiger partial charge on any atom is 0.191 e. The average molecular weight is 257 g/mol. The molecule has 0 atom stereocenters. The molecule has 0 amide bonds. The molecule has 0 aliphatic carbocycles. The van der Waals surface area contributed by atoms with Crippen molar-refractivity contribution in [2.75, 3.05) is 43.9 Å². The Morgan fingerprint density at radius 3 is 2.88 bits per heavy atom. The zero-order chi connectivity index (χ0) is 12.7. The number of nitrogens with two attached hydrogens (primary N) is 1. The summed E-state index contributed by atoms with van der Waals surface area (Å²) in [5, 5.41) is 0.703. The van der Waals surface area contributed by atoms with E-state index in [0.29, 0.717) is 11.0 Å². The fraction of sp³-hybridized carbons (Fsp3) is 0.600. The summed E-state index contributed by atoms with van der Waals surface area (Å²) in [6, 6.07) is 1.83. The summed E-state index contributed by atoms with van der Waals surface area (Å²) in [7, 11) is 3.69. The second-order valence-electron chi connectivity index (χ2n) is 3.51. The van der Waals surface area contributed by atoms with Crippen molar-refractivity contribution < 1.29 is 4.74 Å². The lowest BCUT2D eigenvalue weighted by Gasteiger charge is -2.18. The highest BCUT2D eigenvalue weighted by Gasteiger charge is 2.07. The van der Waals surface area contributed by atoms with Crippen molar-refractivity contribution in [1.29, 1.82) is 0 Å². The molecule has 1 aromatic rings. The van der Waals surface area contributed by atoms with Crippen LogP contribution in [0.4, 0.5) is 11.6 Å². The van der Waals surface area contributed by atoms with Gasteiger partial charge in [-0.25, -0.2) is 15.8 Å². The highest BCUT2D eigenvalue weighted by atomic mass is 32.2. The van der Waals surface area contributed by atoms with Crippen molar-refractivity contribution in [3.05, 3.63) is 6.07 Å². The first kappa shape index (κ1) is 14.0. The van der Waals surface area contributed by atoms with E-state index in [1.54, 1.807) is 7.11 Å². The molecule has 0 fully saturated rings. The van der Waals surface area contributed by atoms with Crippen molar-refractivity contribution in [1.82, 2.24) is 9.97 Å². The molecule has 1 rings (SSSR count). The molecule has 96 valence electrons. The van der Waals surface area contributed by atoms with Gasteiger partial charge in [0.05, 0.1) is 0 Å². The molecule has 3 N–H and O–H groups in total. The summed E-state index contributed by atoms with van der Waals surface area (Å²) >= 11 is 1.49. The standard InChI is InChI=1S/C10H19N5OS/c1-15(5-4-6-16-2)9-7-8(14-11)12-10(13-9)17-3/h7H,4-6,11H2,1-3H3,(H,12,13,14). The van der Waals surface area contributed by atoms with Gasteiger partial charge < -0.3 is 15.1 Å². The first-order valence-corrected chi connectivity index (χ1v) is 6.53. The molecule has 0 bridgehead atoms. The van der Waals surface area contributed by atoms with E-state index in [2.05, 4.69) is 20.3 Å². The number of nitrogens with zero attached hydrogens (tertiary/aromatic N) is 3. The minimum absolute atomic E-state index is 0.623. The van der Waals surface area contributed by atoms with Gasteiger partial charge in [0.15, 0.2) is 5.16 Å². The van der Waals surface area contributed by atoms with E-state index in [4.69, 9.17) is 10.6 Å². The topological polar surface area (TPSA) is 76.3 Å². The van der Waals surface area contributed by atoms with Crippen LogP contribution in [0.3, 0.4) is 0 Å². The third-order valence-corrected chi connectivity index (χ3v) is 2.80. The molecule has 0 unspecified atom stereocenters. The number of ether oxygens (including phenoxy) is 1. The van der Waals surface area contributed by atoms with Crippen LogP contribution < -0.4 is 16.2 Å². The van der Waals surface area contributed by atoms with Crippen LogP contribution in [0.15, 0.2) is 11.2 Å². The van der Waals surface area contributed by atoms with Crippen molar-refractivity contribution in [2.24, 2.45) is 5.84 Å². The first-order valence-electron chi connectivity index (χ1n) is 5.31. The van der Waals surface area contributed by atoms with E-state index < -0.39 is 0 Å². The fourth-order valence-corrected chi connectivity index (χ4v) is 1.71. The number of nitrogens with one attached hydrogen (secondary N) is 1. The molecular weight excluding hydrogens is 238 g/mol. The average Bonchev–Trinajstić information content (AvgIpc) is 2.38. The predicted molar refractivity (Wildman–Crippen MR) is 71.4 cm³/mol. The summed E-state index contributed by atoms with van der Waals surface area (Å²) in [6.45, 7) is 1.62. The third-order valence-electron chi connectivity index (χ3n) is 2.26. The van der Waals surface area contributed by atoms with Crippen LogP contribution in [0.2, 0.25) is 0 Å². The monoisotopic (exact) mass is 257 g/mol. The molecule has 0 aromatic carbocycles. The van der Waals surface area contributed by atoms with E-state index in [-0.39, 0.29) is 0 Å². The highest BCUT2D eigenvalue weighted by molar-refractivity contribution is 7.98. The Hall–Kier alpha value is -1.05. The van der Waals surface area contributed by atoms with Crippen LogP contribution in [0, 0.1) is 0 Å². The number of hydrazine groups is 1. The van der Waals surface area contributed by atoms with Gasteiger partial charge in [-0.05, 0) is 12.7 Å². The number of anilines is 2. The smallest absolute Gasteiger partial charge is 0.191 e. The summed E-state index contributed by atoms with van der Waals surface area (Å²) in [5.41, 5.74) is 2.55. The van der Waals surface area contributed by atoms with Crippen LogP contribution in [0.5, 0.6) is 0 Å². The molecule has 0 aliphatic heterocycles. The van der Waals surface area contributed by atoms with Crippen molar-refractivity contribution in [2.45, 2.75) is 11.6 Å². The lowest BCUT2D eigenvalue weighted by molar-refractivity contribution is 0.196. The Balaban J connectivity index is 2.73. The van der Waals surface area contributed by atoms with Crippen LogP contribution >= 0.6 is 11.8 Å². The maximum atomic E-state index is 5.38. The SMILES string of the molecule is COCCCN(C)c1cc(NN)nc(SC)n1. The molecule has 1 heterocycles. The summed E-state index contributed by atoms with van der Waals surface area (Å²) in [6.07, 6.45) is 2.89. The summed E-state index contributed by atoms with van der Waals surface area (Å²) in [4.78, 5) is 10.7. The Kier molecular flexibility index (Phi) is 6.03. The number of hydrogen-bond acceptors (Lipinski definition) is 7.